The molecule has 0 N–H and O–H groups in total. The van der Waals surface area contributed by atoms with Crippen LogP contribution in [0.5, 0.6) is 0 Å². The number of rotatable bonds is 7. The predicted molar refractivity (Wildman–Crippen MR) is 155 cm³/mol. The summed E-state index contributed by atoms with van der Waals surface area (Å²) in [5.41, 5.74) is 8.80. The highest BCUT2D eigenvalue weighted by atomic mass is 14.5. The van der Waals surface area contributed by atoms with Crippen LogP contribution in [-0.4, -0.2) is 0 Å². The number of hydrogen-bond acceptors (Lipinski definition) is 0. The first kappa shape index (κ1) is 25.3. The SMILES string of the molecule is CCc1ccc(C(c2ccc(CC)cc2)(c2ccc(C3CCC(C)CC3)cc2)C2CCCCC2)cc1. The molecule has 0 aliphatic heterocycles. The number of hydrogen-bond donors (Lipinski definition) is 0. The minimum Gasteiger partial charge on any atom is -0.0625 e. The third kappa shape index (κ3) is 4.93. The molecule has 3 aromatic carbocycles. The van der Waals surface area contributed by atoms with E-state index in [-0.39, 0.29) is 5.41 Å². The van der Waals surface area contributed by atoms with Crippen LogP contribution in [0.4, 0.5) is 0 Å². The number of benzene rings is 3. The average molecular weight is 479 g/mol. The Bertz CT molecular complexity index is 1020. The van der Waals surface area contributed by atoms with Gasteiger partial charge in [0.25, 0.3) is 0 Å². The van der Waals surface area contributed by atoms with Crippen LogP contribution in [0.25, 0.3) is 0 Å². The van der Waals surface area contributed by atoms with Crippen molar-refractivity contribution in [1.29, 1.82) is 0 Å². The fraction of sp³-hybridized carbons (Fsp3) is 0.500. The third-order valence-corrected chi connectivity index (χ3v) is 9.71. The maximum atomic E-state index is 2.52. The van der Waals surface area contributed by atoms with Crippen LogP contribution in [0.15, 0.2) is 72.8 Å². The van der Waals surface area contributed by atoms with Gasteiger partial charge in [-0.15, -0.1) is 0 Å². The number of aryl methyl sites for hydroxylation is 2. The lowest BCUT2D eigenvalue weighted by Crippen LogP contribution is -2.39. The molecule has 2 saturated carbocycles. The van der Waals surface area contributed by atoms with Crippen LogP contribution in [-0.2, 0) is 18.3 Å². The van der Waals surface area contributed by atoms with E-state index in [2.05, 4.69) is 93.6 Å². The molecule has 2 fully saturated rings. The Morgan fingerprint density at radius 2 is 1.00 bits per heavy atom. The molecule has 0 amide bonds. The Kier molecular flexibility index (Phi) is 8.00. The van der Waals surface area contributed by atoms with Gasteiger partial charge in [0.1, 0.15) is 0 Å². The lowest BCUT2D eigenvalue weighted by molar-refractivity contribution is 0.271. The quantitative estimate of drug-likeness (QED) is 0.296. The van der Waals surface area contributed by atoms with E-state index in [4.69, 9.17) is 0 Å². The van der Waals surface area contributed by atoms with Crippen molar-refractivity contribution >= 4 is 0 Å². The predicted octanol–water partition coefficient (Wildman–Crippen LogP) is 10.0. The van der Waals surface area contributed by atoms with Gasteiger partial charge in [-0.2, -0.15) is 0 Å². The molecule has 0 aromatic heterocycles. The van der Waals surface area contributed by atoms with Gasteiger partial charge in [-0.3, -0.25) is 0 Å². The monoisotopic (exact) mass is 478 g/mol. The molecular weight excluding hydrogens is 432 g/mol. The molecule has 2 aliphatic carbocycles. The second-order valence-electron chi connectivity index (χ2n) is 11.8. The fourth-order valence-corrected chi connectivity index (χ4v) is 7.36. The lowest BCUT2D eigenvalue weighted by Gasteiger charge is -2.45. The Labute approximate surface area is 220 Å². The highest BCUT2D eigenvalue weighted by Gasteiger charge is 2.44. The first-order valence-electron chi connectivity index (χ1n) is 14.9. The first-order chi connectivity index (χ1) is 17.6. The van der Waals surface area contributed by atoms with E-state index >= 15 is 0 Å². The van der Waals surface area contributed by atoms with Gasteiger partial charge in [-0.25, -0.2) is 0 Å². The zero-order valence-corrected chi connectivity index (χ0v) is 22.9. The Morgan fingerprint density at radius 3 is 1.44 bits per heavy atom. The summed E-state index contributed by atoms with van der Waals surface area (Å²) in [5, 5.41) is 0. The molecule has 2 aliphatic rings. The molecule has 5 rings (SSSR count). The van der Waals surface area contributed by atoms with Crippen LogP contribution in [0.2, 0.25) is 0 Å². The standard InChI is InChI=1S/C36H46/c1-4-28-13-21-33(22-14-28)36(32-9-7-6-8-10-32,34-23-15-29(5-2)16-24-34)35-25-19-31(20-26-35)30-17-11-27(3)12-18-30/h13-16,19-27,30,32H,4-12,17-18H2,1-3H3. The van der Waals surface area contributed by atoms with Crippen molar-refractivity contribution in [1.82, 2.24) is 0 Å². The van der Waals surface area contributed by atoms with Crippen molar-refractivity contribution in [3.8, 4) is 0 Å². The maximum Gasteiger partial charge on any atom is 0.0479 e. The maximum absolute atomic E-state index is 2.52. The normalized spacial score (nSPS) is 21.4. The van der Waals surface area contributed by atoms with E-state index in [0.717, 1.165) is 24.7 Å². The summed E-state index contributed by atoms with van der Waals surface area (Å²) in [4.78, 5) is 0. The minimum absolute atomic E-state index is 0.0848. The van der Waals surface area contributed by atoms with Crippen LogP contribution in [0, 0.1) is 11.8 Å². The molecule has 0 spiro atoms. The molecule has 3 aromatic rings. The zero-order chi connectivity index (χ0) is 25.0. The molecule has 0 atom stereocenters. The van der Waals surface area contributed by atoms with Crippen LogP contribution < -0.4 is 0 Å². The van der Waals surface area contributed by atoms with E-state index in [0.29, 0.717) is 5.92 Å². The first-order valence-corrected chi connectivity index (χ1v) is 14.9. The largest absolute Gasteiger partial charge is 0.0625 e. The van der Waals surface area contributed by atoms with Crippen molar-refractivity contribution in [3.63, 3.8) is 0 Å². The van der Waals surface area contributed by atoms with Gasteiger partial charge in [-0.05, 0) is 89.7 Å². The summed E-state index contributed by atoms with van der Waals surface area (Å²) in [6.45, 7) is 6.95. The Hall–Kier alpha value is -2.34. The highest BCUT2D eigenvalue weighted by Crippen LogP contribution is 2.51. The lowest BCUT2D eigenvalue weighted by atomic mass is 9.58. The molecule has 190 valence electrons. The second kappa shape index (κ2) is 11.4. The van der Waals surface area contributed by atoms with Crippen molar-refractivity contribution in [2.45, 2.75) is 103 Å². The summed E-state index contributed by atoms with van der Waals surface area (Å²) in [5.74, 6) is 2.27. The van der Waals surface area contributed by atoms with Crippen LogP contribution in [0.1, 0.15) is 118 Å². The second-order valence-corrected chi connectivity index (χ2v) is 11.8. The van der Waals surface area contributed by atoms with Crippen LogP contribution >= 0.6 is 0 Å². The molecule has 0 unspecified atom stereocenters. The average Bonchev–Trinajstić information content (AvgIpc) is 2.95. The van der Waals surface area contributed by atoms with E-state index in [1.165, 1.54) is 85.6 Å². The molecule has 0 radical (unpaired) electrons. The fourth-order valence-electron chi connectivity index (χ4n) is 7.36. The molecule has 0 bridgehead atoms. The summed E-state index contributed by atoms with van der Waals surface area (Å²) in [7, 11) is 0. The summed E-state index contributed by atoms with van der Waals surface area (Å²) in [6, 6.07) is 29.4. The molecule has 0 heteroatoms. The molecule has 0 heterocycles. The third-order valence-electron chi connectivity index (χ3n) is 9.71. The van der Waals surface area contributed by atoms with E-state index in [1.807, 2.05) is 0 Å². The van der Waals surface area contributed by atoms with Crippen molar-refractivity contribution in [3.05, 3.63) is 106 Å². The Balaban J connectivity index is 1.65. The summed E-state index contributed by atoms with van der Waals surface area (Å²) in [6.07, 6.45) is 14.4. The van der Waals surface area contributed by atoms with E-state index < -0.39 is 0 Å². The van der Waals surface area contributed by atoms with E-state index in [1.54, 1.807) is 5.56 Å². The van der Waals surface area contributed by atoms with Gasteiger partial charge in [0.2, 0.25) is 0 Å². The highest BCUT2D eigenvalue weighted by molar-refractivity contribution is 5.53. The summed E-state index contributed by atoms with van der Waals surface area (Å²) >= 11 is 0. The smallest absolute Gasteiger partial charge is 0.0479 e. The van der Waals surface area contributed by atoms with Gasteiger partial charge in [0.05, 0.1) is 0 Å². The molecular formula is C36H46. The van der Waals surface area contributed by atoms with Gasteiger partial charge in [-0.1, -0.05) is 126 Å². The van der Waals surface area contributed by atoms with E-state index in [9.17, 15) is 0 Å². The molecule has 0 saturated heterocycles. The van der Waals surface area contributed by atoms with Gasteiger partial charge < -0.3 is 0 Å². The minimum atomic E-state index is -0.0848. The molecule has 0 nitrogen and oxygen atoms in total. The van der Waals surface area contributed by atoms with Crippen LogP contribution in [0.3, 0.4) is 0 Å². The van der Waals surface area contributed by atoms with Crippen molar-refractivity contribution < 1.29 is 0 Å². The molecule has 36 heavy (non-hydrogen) atoms. The van der Waals surface area contributed by atoms with Gasteiger partial charge in [0, 0.05) is 5.41 Å². The van der Waals surface area contributed by atoms with Crippen molar-refractivity contribution in [2.24, 2.45) is 11.8 Å². The topological polar surface area (TPSA) is 0 Å². The van der Waals surface area contributed by atoms with Gasteiger partial charge in [0.15, 0.2) is 0 Å². The van der Waals surface area contributed by atoms with Crippen molar-refractivity contribution in [2.75, 3.05) is 0 Å². The zero-order valence-electron chi connectivity index (χ0n) is 22.9. The van der Waals surface area contributed by atoms with Gasteiger partial charge >= 0.3 is 0 Å². The summed E-state index contributed by atoms with van der Waals surface area (Å²) < 4.78 is 0. The Morgan fingerprint density at radius 1 is 0.556 bits per heavy atom.